The van der Waals surface area contributed by atoms with Gasteiger partial charge in [0.05, 0.1) is 33.0 Å². The second kappa shape index (κ2) is 13.1. The number of hydrogen-bond donors (Lipinski definition) is 0. The molecule has 1 aliphatic heterocycles. The number of pyridine rings is 1. The van der Waals surface area contributed by atoms with Gasteiger partial charge >= 0.3 is 0 Å². The number of anilines is 1. The summed E-state index contributed by atoms with van der Waals surface area (Å²) in [5, 5.41) is 12.2. The lowest BCUT2D eigenvalue weighted by molar-refractivity contribution is 0.0176. The van der Waals surface area contributed by atoms with Gasteiger partial charge in [0, 0.05) is 37.6 Å². The number of rotatable bonds is 12. The first kappa shape index (κ1) is 24.9. The van der Waals surface area contributed by atoms with Crippen molar-refractivity contribution in [3.8, 4) is 23.1 Å². The van der Waals surface area contributed by atoms with Gasteiger partial charge in [0.1, 0.15) is 18.2 Å². The van der Waals surface area contributed by atoms with Crippen molar-refractivity contribution < 1.29 is 18.9 Å². The third kappa shape index (κ3) is 6.70. The molecule has 3 aromatic rings. The van der Waals surface area contributed by atoms with Crippen LogP contribution in [-0.4, -0.2) is 64.8 Å². The highest BCUT2D eigenvalue weighted by molar-refractivity contribution is 5.90. The van der Waals surface area contributed by atoms with Crippen molar-refractivity contribution in [2.45, 2.75) is 19.3 Å². The Bertz CT molecular complexity index is 1140. The number of fused-ring (bicyclic) bond motifs is 1. The van der Waals surface area contributed by atoms with Gasteiger partial charge in [0.15, 0.2) is 0 Å². The molecule has 2 heterocycles. The maximum Gasteiger partial charge on any atom is 0.232 e. The second-order valence-electron chi connectivity index (χ2n) is 8.51. The van der Waals surface area contributed by atoms with Crippen LogP contribution in [0.1, 0.15) is 24.8 Å². The Hall–Kier alpha value is -3.18. The number of benzene rings is 2. The number of nitriles is 1. The summed E-state index contributed by atoms with van der Waals surface area (Å²) in [7, 11) is 1.64. The number of nitrogens with zero attached hydrogens (tertiary/aromatic N) is 3. The van der Waals surface area contributed by atoms with E-state index in [-0.39, 0.29) is 0 Å². The Labute approximate surface area is 207 Å². The standard InChI is InChI=1S/C28H33N3O4/c1-32-13-14-33-15-16-34-17-18-35-28-27(21-29)26(9-10-30-28)24-6-5-23-20-25(8-7-22(23)19-24)31-11-3-2-4-12-31/h5-10,19-20H,2-4,11-18H2,1H3. The predicted octanol–water partition coefficient (Wildman–Crippen LogP) is 4.82. The molecule has 7 nitrogen and oxygen atoms in total. The number of ether oxygens (including phenoxy) is 4. The Morgan fingerprint density at radius 3 is 2.34 bits per heavy atom. The van der Waals surface area contributed by atoms with Gasteiger partial charge in [-0.15, -0.1) is 0 Å². The van der Waals surface area contributed by atoms with E-state index in [4.69, 9.17) is 18.9 Å². The van der Waals surface area contributed by atoms with E-state index in [0.717, 1.165) is 29.6 Å². The van der Waals surface area contributed by atoms with E-state index in [1.165, 1.54) is 30.3 Å². The van der Waals surface area contributed by atoms with E-state index < -0.39 is 0 Å². The summed E-state index contributed by atoms with van der Waals surface area (Å²) in [6.07, 6.45) is 5.52. The Kier molecular flexibility index (Phi) is 9.30. The van der Waals surface area contributed by atoms with Gasteiger partial charge in [-0.2, -0.15) is 5.26 Å². The van der Waals surface area contributed by atoms with Crippen LogP contribution in [0.2, 0.25) is 0 Å². The number of piperidine rings is 1. The van der Waals surface area contributed by atoms with Crippen molar-refractivity contribution in [3.05, 3.63) is 54.2 Å². The molecule has 0 atom stereocenters. The average molecular weight is 476 g/mol. The van der Waals surface area contributed by atoms with Gasteiger partial charge in [-0.25, -0.2) is 4.98 Å². The SMILES string of the molecule is COCCOCCOCCOc1nccc(-c2ccc3cc(N4CCCCC4)ccc3c2)c1C#N. The summed E-state index contributed by atoms with van der Waals surface area (Å²) in [5.41, 5.74) is 3.49. The van der Waals surface area contributed by atoms with Crippen LogP contribution in [0.4, 0.5) is 5.69 Å². The molecule has 0 N–H and O–H groups in total. The normalized spacial score (nSPS) is 13.7. The molecule has 1 fully saturated rings. The lowest BCUT2D eigenvalue weighted by Crippen LogP contribution is -2.29. The van der Waals surface area contributed by atoms with Crippen molar-refractivity contribution >= 4 is 16.5 Å². The summed E-state index contributed by atoms with van der Waals surface area (Å²) in [5.74, 6) is 0.325. The second-order valence-corrected chi connectivity index (χ2v) is 8.51. The van der Waals surface area contributed by atoms with Crippen molar-refractivity contribution in [1.29, 1.82) is 5.26 Å². The average Bonchev–Trinajstić information content (AvgIpc) is 2.92. The molecule has 0 radical (unpaired) electrons. The fourth-order valence-electron chi connectivity index (χ4n) is 4.31. The van der Waals surface area contributed by atoms with Gasteiger partial charge in [-0.1, -0.05) is 18.2 Å². The fourth-order valence-corrected chi connectivity index (χ4v) is 4.31. The summed E-state index contributed by atoms with van der Waals surface area (Å²) >= 11 is 0. The molecule has 0 aliphatic carbocycles. The summed E-state index contributed by atoms with van der Waals surface area (Å²) < 4.78 is 21.6. The van der Waals surface area contributed by atoms with E-state index in [9.17, 15) is 5.26 Å². The molecule has 0 bridgehead atoms. The number of methoxy groups -OCH3 is 1. The van der Waals surface area contributed by atoms with E-state index in [2.05, 4.69) is 52.4 Å². The van der Waals surface area contributed by atoms with Crippen molar-refractivity contribution in [3.63, 3.8) is 0 Å². The van der Waals surface area contributed by atoms with E-state index in [1.54, 1.807) is 13.3 Å². The molecule has 7 heteroatoms. The highest BCUT2D eigenvalue weighted by Crippen LogP contribution is 2.32. The summed E-state index contributed by atoms with van der Waals surface area (Å²) in [4.78, 5) is 6.75. The van der Waals surface area contributed by atoms with Crippen LogP contribution in [0, 0.1) is 11.3 Å². The minimum absolute atomic E-state index is 0.306. The van der Waals surface area contributed by atoms with Crippen molar-refractivity contribution in [2.75, 3.05) is 64.7 Å². The monoisotopic (exact) mass is 475 g/mol. The molecule has 35 heavy (non-hydrogen) atoms. The maximum atomic E-state index is 9.86. The first-order valence-corrected chi connectivity index (χ1v) is 12.3. The Morgan fingerprint density at radius 2 is 1.57 bits per heavy atom. The molecule has 0 amide bonds. The minimum atomic E-state index is 0.306. The largest absolute Gasteiger partial charge is 0.474 e. The third-order valence-corrected chi connectivity index (χ3v) is 6.15. The lowest BCUT2D eigenvalue weighted by Gasteiger charge is -2.29. The van der Waals surface area contributed by atoms with Crippen LogP contribution in [-0.2, 0) is 14.2 Å². The van der Waals surface area contributed by atoms with Gasteiger partial charge in [-0.05, 0) is 59.9 Å². The van der Waals surface area contributed by atoms with Crippen LogP contribution in [0.25, 0.3) is 21.9 Å². The van der Waals surface area contributed by atoms with Gasteiger partial charge < -0.3 is 23.8 Å². The number of hydrogen-bond acceptors (Lipinski definition) is 7. The molecule has 0 saturated carbocycles. The highest BCUT2D eigenvalue weighted by atomic mass is 16.6. The highest BCUT2D eigenvalue weighted by Gasteiger charge is 2.14. The first-order valence-electron chi connectivity index (χ1n) is 12.3. The molecular formula is C28H33N3O4. The fraction of sp³-hybridized carbons (Fsp3) is 0.429. The zero-order valence-electron chi connectivity index (χ0n) is 20.4. The minimum Gasteiger partial charge on any atom is -0.474 e. The summed E-state index contributed by atoms with van der Waals surface area (Å²) in [6, 6.07) is 17.1. The van der Waals surface area contributed by atoms with Crippen molar-refractivity contribution in [1.82, 2.24) is 4.98 Å². The smallest absolute Gasteiger partial charge is 0.232 e. The molecule has 0 spiro atoms. The van der Waals surface area contributed by atoms with E-state index >= 15 is 0 Å². The molecule has 2 aromatic carbocycles. The van der Waals surface area contributed by atoms with Crippen LogP contribution in [0.15, 0.2) is 48.7 Å². The first-order chi connectivity index (χ1) is 17.3. The quantitative estimate of drug-likeness (QED) is 0.348. The molecule has 1 saturated heterocycles. The molecular weight excluding hydrogens is 442 g/mol. The summed E-state index contributed by atoms with van der Waals surface area (Å²) in [6.45, 7) is 5.04. The zero-order valence-corrected chi connectivity index (χ0v) is 20.4. The van der Waals surface area contributed by atoms with Gasteiger partial charge in [0.2, 0.25) is 5.88 Å². The molecule has 184 valence electrons. The van der Waals surface area contributed by atoms with Crippen LogP contribution in [0.3, 0.4) is 0 Å². The predicted molar refractivity (Wildman–Crippen MR) is 137 cm³/mol. The van der Waals surface area contributed by atoms with E-state index in [0.29, 0.717) is 51.1 Å². The van der Waals surface area contributed by atoms with Gasteiger partial charge in [-0.3, -0.25) is 0 Å². The molecule has 1 aliphatic rings. The van der Waals surface area contributed by atoms with Crippen LogP contribution < -0.4 is 9.64 Å². The molecule has 1 aromatic heterocycles. The van der Waals surface area contributed by atoms with Gasteiger partial charge in [0.25, 0.3) is 0 Å². The maximum absolute atomic E-state index is 9.86. The van der Waals surface area contributed by atoms with E-state index in [1.807, 2.05) is 6.07 Å². The topological polar surface area (TPSA) is 76.8 Å². The Morgan fingerprint density at radius 1 is 0.857 bits per heavy atom. The zero-order chi connectivity index (χ0) is 24.3. The van der Waals surface area contributed by atoms with Crippen LogP contribution >= 0.6 is 0 Å². The Balaban J connectivity index is 1.40. The lowest BCUT2D eigenvalue weighted by atomic mass is 9.98. The third-order valence-electron chi connectivity index (χ3n) is 6.15. The molecule has 4 rings (SSSR count). The number of aromatic nitrogens is 1. The van der Waals surface area contributed by atoms with Crippen molar-refractivity contribution in [2.24, 2.45) is 0 Å². The van der Waals surface area contributed by atoms with Crippen LogP contribution in [0.5, 0.6) is 5.88 Å². The molecule has 0 unspecified atom stereocenters.